The molecule has 3 N–H and O–H groups in total. The highest BCUT2D eigenvalue weighted by atomic mass is 16.3. The van der Waals surface area contributed by atoms with Crippen LogP contribution in [0.3, 0.4) is 0 Å². The maximum Gasteiger partial charge on any atom is 0.253 e. The fourth-order valence-corrected chi connectivity index (χ4v) is 4.51. The van der Waals surface area contributed by atoms with Gasteiger partial charge in [-0.1, -0.05) is 70.9 Å². The van der Waals surface area contributed by atoms with E-state index in [2.05, 4.69) is 16.7 Å². The van der Waals surface area contributed by atoms with Gasteiger partial charge in [-0.15, -0.1) is 6.42 Å². The second-order valence-electron chi connectivity index (χ2n) is 10.6. The number of benzene rings is 2. The largest absolute Gasteiger partial charge is 0.390 e. The molecule has 0 aliphatic rings. The fourth-order valence-electron chi connectivity index (χ4n) is 4.51. The lowest BCUT2D eigenvalue weighted by Gasteiger charge is -2.31. The van der Waals surface area contributed by atoms with Crippen LogP contribution >= 0.6 is 0 Å². The smallest absolute Gasteiger partial charge is 0.253 e. The van der Waals surface area contributed by atoms with Gasteiger partial charge in [-0.2, -0.15) is 0 Å². The Bertz CT molecular complexity index is 1170. The maximum atomic E-state index is 13.6. The van der Waals surface area contributed by atoms with Gasteiger partial charge in [0.2, 0.25) is 5.91 Å². The summed E-state index contributed by atoms with van der Waals surface area (Å²) in [6.45, 7) is 11.5. The third kappa shape index (κ3) is 10.7. The summed E-state index contributed by atoms with van der Waals surface area (Å²) in [7, 11) is 0. The summed E-state index contributed by atoms with van der Waals surface area (Å²) in [4.78, 5) is 41.0. The number of nitrogens with zero attached hydrogens (tertiary/aromatic N) is 2. The van der Waals surface area contributed by atoms with Crippen molar-refractivity contribution >= 4 is 17.7 Å². The summed E-state index contributed by atoms with van der Waals surface area (Å²) in [5.74, 6) is 1.59. The van der Waals surface area contributed by atoms with E-state index in [1.165, 1.54) is 0 Å². The molecule has 0 saturated heterocycles. The summed E-state index contributed by atoms with van der Waals surface area (Å²) >= 11 is 0. The van der Waals surface area contributed by atoms with Crippen LogP contribution in [0.1, 0.15) is 85.7 Å². The van der Waals surface area contributed by atoms with Crippen molar-refractivity contribution in [3.8, 4) is 12.3 Å². The summed E-state index contributed by atoms with van der Waals surface area (Å²) in [6, 6.07) is 13.7. The van der Waals surface area contributed by atoms with Crippen molar-refractivity contribution in [2.24, 2.45) is 5.92 Å². The number of nitrogens with one attached hydrogen (secondary N) is 2. The summed E-state index contributed by atoms with van der Waals surface area (Å²) < 4.78 is 0. The van der Waals surface area contributed by atoms with Gasteiger partial charge < -0.3 is 15.3 Å². The highest BCUT2D eigenvalue weighted by Crippen LogP contribution is 2.15. The first kappa shape index (κ1) is 33.5. The van der Waals surface area contributed by atoms with Crippen LogP contribution in [0.25, 0.3) is 0 Å². The van der Waals surface area contributed by atoms with Crippen molar-refractivity contribution in [1.29, 1.82) is 0 Å². The normalized spacial score (nSPS) is 12.5. The molecule has 2 unspecified atom stereocenters. The molecule has 41 heavy (non-hydrogen) atoms. The van der Waals surface area contributed by atoms with Crippen molar-refractivity contribution < 1.29 is 19.5 Å². The molecule has 222 valence electrons. The Hall–Kier alpha value is -3.67. The molecule has 0 radical (unpaired) electrons. The molecule has 0 saturated carbocycles. The topological polar surface area (TPSA) is 102 Å². The minimum atomic E-state index is -1.00. The summed E-state index contributed by atoms with van der Waals surface area (Å²) in [5, 5.41) is 16.0. The number of carbonyl (C=O) groups is 3. The zero-order chi connectivity index (χ0) is 30.4. The van der Waals surface area contributed by atoms with Gasteiger partial charge in [0.25, 0.3) is 11.8 Å². The molecule has 3 amide bonds. The Labute approximate surface area is 245 Å². The Morgan fingerprint density at radius 1 is 0.927 bits per heavy atom. The molecule has 0 fully saturated rings. The molecule has 2 rings (SSSR count). The molecule has 0 aromatic heterocycles. The molecule has 0 aliphatic carbocycles. The third-order valence-electron chi connectivity index (χ3n) is 6.66. The number of amides is 3. The second kappa shape index (κ2) is 17.2. The van der Waals surface area contributed by atoms with Crippen LogP contribution in [0.4, 0.5) is 0 Å². The minimum Gasteiger partial charge on any atom is -0.390 e. The monoisotopic (exact) mass is 562 g/mol. The number of rotatable bonds is 16. The van der Waals surface area contributed by atoms with E-state index >= 15 is 0 Å². The van der Waals surface area contributed by atoms with Crippen LogP contribution in [0.15, 0.2) is 48.5 Å². The summed E-state index contributed by atoms with van der Waals surface area (Å²) in [5.41, 5.74) is 4.85. The number of carbonyl (C=O) groups excluding carboxylic acids is 3. The average Bonchev–Trinajstić information content (AvgIpc) is 2.96. The molecule has 2 aromatic carbocycles. The average molecular weight is 563 g/mol. The van der Waals surface area contributed by atoms with E-state index in [9.17, 15) is 19.5 Å². The van der Waals surface area contributed by atoms with Crippen LogP contribution < -0.4 is 10.7 Å². The number of hydrogen-bond acceptors (Lipinski definition) is 5. The standard InChI is InChI=1S/C33H46N4O4/c1-7-16-36(17-8-2)33(41)28-20-25(10-4)19-27(22-28)32(40)34-29(21-26-14-12-11-13-15-26)30(38)23-37(18-9-3)35-31(39)24(5)6/h4,11-15,19-20,22,24,29-30,38H,7-9,16-18,21,23H2,1-3,5-6H3,(H,34,40)(H,35,39). The van der Waals surface area contributed by atoms with Gasteiger partial charge in [-0.25, -0.2) is 5.01 Å². The van der Waals surface area contributed by atoms with E-state index in [-0.39, 0.29) is 29.8 Å². The molecule has 0 aliphatic heterocycles. The first-order chi connectivity index (χ1) is 19.6. The van der Waals surface area contributed by atoms with Gasteiger partial charge in [-0.3, -0.25) is 19.8 Å². The first-order valence-electron chi connectivity index (χ1n) is 14.6. The van der Waals surface area contributed by atoms with Gasteiger partial charge in [0, 0.05) is 48.8 Å². The van der Waals surface area contributed by atoms with Crippen LogP contribution in [-0.4, -0.2) is 71.1 Å². The first-order valence-corrected chi connectivity index (χ1v) is 14.6. The quantitative estimate of drug-likeness (QED) is 0.212. The lowest BCUT2D eigenvalue weighted by Crippen LogP contribution is -2.54. The number of terminal acetylenes is 1. The van der Waals surface area contributed by atoms with Crippen LogP contribution in [0, 0.1) is 18.3 Å². The maximum absolute atomic E-state index is 13.6. The lowest BCUT2D eigenvalue weighted by molar-refractivity contribution is -0.129. The van der Waals surface area contributed by atoms with Crippen LogP contribution in [0.5, 0.6) is 0 Å². The van der Waals surface area contributed by atoms with Crippen molar-refractivity contribution in [2.75, 3.05) is 26.2 Å². The van der Waals surface area contributed by atoms with Crippen molar-refractivity contribution in [1.82, 2.24) is 20.7 Å². The number of aliphatic hydroxyl groups excluding tert-OH is 1. The molecule has 0 heterocycles. The minimum absolute atomic E-state index is 0.126. The van der Waals surface area contributed by atoms with Gasteiger partial charge in [-0.05, 0) is 49.4 Å². The highest BCUT2D eigenvalue weighted by Gasteiger charge is 2.26. The predicted octanol–water partition coefficient (Wildman–Crippen LogP) is 4.03. The predicted molar refractivity (Wildman–Crippen MR) is 163 cm³/mol. The Morgan fingerprint density at radius 2 is 1.54 bits per heavy atom. The van der Waals surface area contributed by atoms with E-state index in [0.717, 1.165) is 24.8 Å². The van der Waals surface area contributed by atoms with Crippen molar-refractivity contribution in [2.45, 2.75) is 72.4 Å². The Balaban J connectivity index is 2.36. The second-order valence-corrected chi connectivity index (χ2v) is 10.6. The molecule has 2 atom stereocenters. The third-order valence-corrected chi connectivity index (χ3v) is 6.66. The Morgan fingerprint density at radius 3 is 2.10 bits per heavy atom. The van der Waals surface area contributed by atoms with Gasteiger partial charge in [0.15, 0.2) is 0 Å². The van der Waals surface area contributed by atoms with E-state index in [1.807, 2.05) is 51.1 Å². The van der Waals surface area contributed by atoms with Gasteiger partial charge in [0.1, 0.15) is 0 Å². The van der Waals surface area contributed by atoms with E-state index in [4.69, 9.17) is 6.42 Å². The molecule has 0 spiro atoms. The Kier molecular flexibility index (Phi) is 14.1. The van der Waals surface area contributed by atoms with Crippen molar-refractivity contribution in [3.05, 3.63) is 70.8 Å². The van der Waals surface area contributed by atoms with E-state index < -0.39 is 18.1 Å². The van der Waals surface area contributed by atoms with Crippen LogP contribution in [0.2, 0.25) is 0 Å². The SMILES string of the molecule is C#Cc1cc(C(=O)NC(Cc2ccccc2)C(O)CN(CCC)NC(=O)C(C)C)cc(C(=O)N(CCC)CCC)c1. The zero-order valence-corrected chi connectivity index (χ0v) is 25.2. The fraction of sp³-hybridized carbons (Fsp3) is 0.485. The van der Waals surface area contributed by atoms with Gasteiger partial charge >= 0.3 is 0 Å². The molecule has 2 aromatic rings. The number of aliphatic hydroxyl groups is 1. The van der Waals surface area contributed by atoms with Crippen LogP contribution in [-0.2, 0) is 11.2 Å². The van der Waals surface area contributed by atoms with Gasteiger partial charge in [0.05, 0.1) is 12.1 Å². The molecule has 8 heteroatoms. The van der Waals surface area contributed by atoms with Crippen molar-refractivity contribution in [3.63, 3.8) is 0 Å². The summed E-state index contributed by atoms with van der Waals surface area (Å²) in [6.07, 6.45) is 7.46. The zero-order valence-electron chi connectivity index (χ0n) is 25.2. The number of hydrazine groups is 1. The molecule has 0 bridgehead atoms. The molecular formula is C33H46N4O4. The number of hydrogen-bond donors (Lipinski definition) is 3. The highest BCUT2D eigenvalue weighted by molar-refractivity contribution is 6.00. The van der Waals surface area contributed by atoms with E-state index in [0.29, 0.717) is 37.2 Å². The molecular weight excluding hydrogens is 516 g/mol. The van der Waals surface area contributed by atoms with E-state index in [1.54, 1.807) is 42.0 Å². The lowest BCUT2D eigenvalue weighted by atomic mass is 9.99. The molecule has 8 nitrogen and oxygen atoms in total.